The fourth-order valence-electron chi connectivity index (χ4n) is 1.69. The van der Waals surface area contributed by atoms with E-state index in [9.17, 15) is 10.0 Å². The van der Waals surface area contributed by atoms with Gasteiger partial charge in [-0.3, -0.25) is 0 Å². The van der Waals surface area contributed by atoms with E-state index in [0.29, 0.717) is 10.5 Å². The van der Waals surface area contributed by atoms with E-state index in [4.69, 9.17) is 11.6 Å². The topological polar surface area (TPSA) is 43.7 Å². The lowest BCUT2D eigenvalue weighted by atomic mass is 9.77. The minimum atomic E-state index is -1.49. The number of rotatable bonds is 3. The summed E-state index contributed by atoms with van der Waals surface area (Å²) >= 11 is 5.91. The highest BCUT2D eigenvalue weighted by molar-refractivity contribution is 6.61. The summed E-state index contributed by atoms with van der Waals surface area (Å²) in [5.74, 6) is 0. The molecular formula is C10H15BClNO2. The van der Waals surface area contributed by atoms with Crippen molar-refractivity contribution < 1.29 is 10.0 Å². The van der Waals surface area contributed by atoms with Crippen LogP contribution in [0.1, 0.15) is 12.5 Å². The first kappa shape index (κ1) is 12.4. The van der Waals surface area contributed by atoms with E-state index in [1.54, 1.807) is 6.07 Å². The van der Waals surface area contributed by atoms with Crippen molar-refractivity contribution in [3.8, 4) is 0 Å². The fraction of sp³-hybridized carbons (Fsp3) is 0.400. The van der Waals surface area contributed by atoms with Crippen molar-refractivity contribution >= 4 is 29.9 Å². The summed E-state index contributed by atoms with van der Waals surface area (Å²) in [7, 11) is 2.24. The van der Waals surface area contributed by atoms with E-state index in [1.165, 1.54) is 0 Å². The van der Waals surface area contributed by atoms with Crippen molar-refractivity contribution in [1.29, 1.82) is 0 Å². The molecule has 0 radical (unpaired) electrons. The number of anilines is 1. The van der Waals surface area contributed by atoms with Gasteiger partial charge in [0, 0.05) is 30.3 Å². The Bertz CT molecular complexity index is 356. The number of aryl methyl sites for hydroxylation is 1. The first-order valence-electron chi connectivity index (χ1n) is 4.83. The Morgan fingerprint density at radius 2 is 1.93 bits per heavy atom. The third-order valence-corrected chi connectivity index (χ3v) is 2.51. The minimum Gasteiger partial charge on any atom is -0.423 e. The Morgan fingerprint density at radius 3 is 2.33 bits per heavy atom. The fourth-order valence-corrected chi connectivity index (χ4v) is 1.94. The molecule has 0 spiro atoms. The van der Waals surface area contributed by atoms with Gasteiger partial charge in [0.05, 0.1) is 0 Å². The summed E-state index contributed by atoms with van der Waals surface area (Å²) < 4.78 is 0. The molecule has 5 heteroatoms. The molecule has 0 aliphatic carbocycles. The Hall–Kier alpha value is -0.705. The van der Waals surface area contributed by atoms with Gasteiger partial charge in [0.2, 0.25) is 0 Å². The molecule has 0 unspecified atom stereocenters. The van der Waals surface area contributed by atoms with Gasteiger partial charge >= 0.3 is 7.12 Å². The minimum absolute atomic E-state index is 0.448. The Kier molecular flexibility index (Phi) is 4.02. The second-order valence-electron chi connectivity index (χ2n) is 3.62. The van der Waals surface area contributed by atoms with Crippen LogP contribution < -0.4 is 10.4 Å². The molecule has 3 nitrogen and oxygen atoms in total. The smallest absolute Gasteiger partial charge is 0.423 e. The molecule has 1 rings (SSSR count). The van der Waals surface area contributed by atoms with Gasteiger partial charge in [-0.05, 0) is 24.1 Å². The maximum absolute atomic E-state index is 9.27. The Labute approximate surface area is 95.4 Å². The van der Waals surface area contributed by atoms with Gasteiger partial charge in [0.1, 0.15) is 0 Å². The van der Waals surface area contributed by atoms with E-state index in [2.05, 4.69) is 0 Å². The standard InChI is InChI=1S/C10H15BClNO2/c1-4-7-5-8(12)6-9(11(14)15)10(7)13(2)3/h5-6,14-15H,4H2,1-3H3. The maximum Gasteiger partial charge on any atom is 0.490 e. The third-order valence-electron chi connectivity index (χ3n) is 2.29. The van der Waals surface area contributed by atoms with Gasteiger partial charge in [-0.15, -0.1) is 0 Å². The van der Waals surface area contributed by atoms with Gasteiger partial charge in [-0.25, -0.2) is 0 Å². The van der Waals surface area contributed by atoms with Gasteiger partial charge in [-0.2, -0.15) is 0 Å². The van der Waals surface area contributed by atoms with Gasteiger partial charge in [0.15, 0.2) is 0 Å². The van der Waals surface area contributed by atoms with Crippen LogP contribution in [-0.2, 0) is 6.42 Å². The van der Waals surface area contributed by atoms with E-state index in [-0.39, 0.29) is 0 Å². The number of benzene rings is 1. The van der Waals surface area contributed by atoms with Crippen LogP contribution in [0.15, 0.2) is 12.1 Å². The first-order chi connectivity index (χ1) is 6.97. The maximum atomic E-state index is 9.27. The summed E-state index contributed by atoms with van der Waals surface area (Å²) in [6.45, 7) is 2.01. The highest BCUT2D eigenvalue weighted by Crippen LogP contribution is 2.21. The number of halogens is 1. The molecule has 2 N–H and O–H groups in total. The molecule has 0 saturated carbocycles. The van der Waals surface area contributed by atoms with Gasteiger partial charge in [0.25, 0.3) is 0 Å². The zero-order valence-electron chi connectivity index (χ0n) is 9.16. The van der Waals surface area contributed by atoms with E-state index in [1.807, 2.05) is 32.0 Å². The lowest BCUT2D eigenvalue weighted by Crippen LogP contribution is -2.35. The molecule has 0 aromatic heterocycles. The average molecular weight is 228 g/mol. The van der Waals surface area contributed by atoms with Crippen molar-refractivity contribution in [2.75, 3.05) is 19.0 Å². The SMILES string of the molecule is CCc1cc(Cl)cc(B(O)O)c1N(C)C. The highest BCUT2D eigenvalue weighted by atomic mass is 35.5. The molecule has 0 heterocycles. The zero-order valence-corrected chi connectivity index (χ0v) is 9.91. The van der Waals surface area contributed by atoms with Crippen LogP contribution in [0.2, 0.25) is 5.02 Å². The number of hydrogen-bond donors (Lipinski definition) is 2. The third kappa shape index (κ3) is 2.65. The van der Waals surface area contributed by atoms with Crippen LogP contribution in [0.4, 0.5) is 5.69 Å². The van der Waals surface area contributed by atoms with Gasteiger partial charge in [-0.1, -0.05) is 18.5 Å². The van der Waals surface area contributed by atoms with Crippen LogP contribution in [0.3, 0.4) is 0 Å². The lowest BCUT2D eigenvalue weighted by molar-refractivity contribution is 0.426. The summed E-state index contributed by atoms with van der Waals surface area (Å²) in [5.41, 5.74) is 2.29. The highest BCUT2D eigenvalue weighted by Gasteiger charge is 2.20. The van der Waals surface area contributed by atoms with E-state index < -0.39 is 7.12 Å². The first-order valence-corrected chi connectivity index (χ1v) is 5.21. The molecule has 0 fully saturated rings. The van der Waals surface area contributed by atoms with Crippen molar-refractivity contribution in [3.63, 3.8) is 0 Å². The molecule has 15 heavy (non-hydrogen) atoms. The summed E-state index contributed by atoms with van der Waals surface area (Å²) in [4.78, 5) is 1.87. The predicted octanol–water partition coefficient (Wildman–Crippen LogP) is 0.648. The molecule has 1 aromatic carbocycles. The molecule has 1 aromatic rings. The van der Waals surface area contributed by atoms with Crippen LogP contribution in [0.5, 0.6) is 0 Å². The Morgan fingerprint density at radius 1 is 1.33 bits per heavy atom. The van der Waals surface area contributed by atoms with Crippen molar-refractivity contribution in [2.45, 2.75) is 13.3 Å². The lowest BCUT2D eigenvalue weighted by Gasteiger charge is -2.21. The summed E-state index contributed by atoms with van der Waals surface area (Å²) in [5, 5.41) is 19.1. The quantitative estimate of drug-likeness (QED) is 0.745. The number of nitrogens with zero attached hydrogens (tertiary/aromatic N) is 1. The summed E-state index contributed by atoms with van der Waals surface area (Å²) in [6, 6.07) is 3.43. The molecule has 0 saturated heterocycles. The van der Waals surface area contributed by atoms with Gasteiger partial charge < -0.3 is 14.9 Å². The molecule has 0 aliphatic rings. The zero-order chi connectivity index (χ0) is 11.6. The average Bonchev–Trinajstić information content (AvgIpc) is 2.15. The predicted molar refractivity (Wildman–Crippen MR) is 65.0 cm³/mol. The molecule has 0 atom stereocenters. The van der Waals surface area contributed by atoms with E-state index >= 15 is 0 Å². The molecule has 82 valence electrons. The van der Waals surface area contributed by atoms with Crippen LogP contribution in [0.25, 0.3) is 0 Å². The van der Waals surface area contributed by atoms with E-state index in [0.717, 1.165) is 17.7 Å². The van der Waals surface area contributed by atoms with Crippen LogP contribution in [0, 0.1) is 0 Å². The van der Waals surface area contributed by atoms with Crippen LogP contribution in [-0.4, -0.2) is 31.3 Å². The molecule has 0 bridgehead atoms. The molecule has 0 aliphatic heterocycles. The second kappa shape index (κ2) is 4.88. The number of hydrogen-bond acceptors (Lipinski definition) is 3. The van der Waals surface area contributed by atoms with Crippen molar-refractivity contribution in [1.82, 2.24) is 0 Å². The van der Waals surface area contributed by atoms with Crippen molar-refractivity contribution in [3.05, 3.63) is 22.7 Å². The van der Waals surface area contributed by atoms with Crippen molar-refractivity contribution in [2.24, 2.45) is 0 Å². The largest absolute Gasteiger partial charge is 0.490 e. The summed E-state index contributed by atoms with van der Waals surface area (Å²) in [6.07, 6.45) is 0.799. The molecule has 0 amide bonds. The normalized spacial score (nSPS) is 10.3. The Balaban J connectivity index is 3.40. The molecular weight excluding hydrogens is 212 g/mol. The monoisotopic (exact) mass is 227 g/mol. The second-order valence-corrected chi connectivity index (χ2v) is 4.06. The van der Waals surface area contributed by atoms with Crippen LogP contribution >= 0.6 is 11.6 Å².